The summed E-state index contributed by atoms with van der Waals surface area (Å²) in [5.74, 6) is 1.43. The smallest absolute Gasteiger partial charge is 0.129 e. The van der Waals surface area contributed by atoms with Crippen LogP contribution >= 0.6 is 27.7 Å². The highest BCUT2D eigenvalue weighted by Gasteiger charge is 2.05. The average molecular weight is 304 g/mol. The van der Waals surface area contributed by atoms with E-state index in [4.69, 9.17) is 0 Å². The van der Waals surface area contributed by atoms with Crippen molar-refractivity contribution in [2.75, 3.05) is 12.0 Å². The Bertz CT molecular complexity index is 333. The van der Waals surface area contributed by atoms with E-state index in [9.17, 15) is 5.11 Å². The maximum absolute atomic E-state index is 9.38. The molecule has 0 bridgehead atoms. The second-order valence-electron chi connectivity index (χ2n) is 3.73. The zero-order chi connectivity index (χ0) is 12.0. The molecule has 0 fully saturated rings. The predicted molar refractivity (Wildman–Crippen MR) is 75.1 cm³/mol. The first kappa shape index (κ1) is 13.9. The zero-order valence-electron chi connectivity index (χ0n) is 9.66. The Labute approximate surface area is 110 Å². The van der Waals surface area contributed by atoms with E-state index in [1.54, 1.807) is 6.07 Å². The minimum Gasteiger partial charge on any atom is -0.507 e. The van der Waals surface area contributed by atoms with Crippen LogP contribution in [0.15, 0.2) is 22.7 Å². The van der Waals surface area contributed by atoms with Gasteiger partial charge in [0, 0.05) is 18.3 Å². The largest absolute Gasteiger partial charge is 0.507 e. The summed E-state index contributed by atoms with van der Waals surface area (Å²) >= 11 is 5.18. The number of thioether (sulfide) groups is 1. The van der Waals surface area contributed by atoms with Crippen LogP contribution in [0.5, 0.6) is 5.75 Å². The lowest BCUT2D eigenvalue weighted by atomic mass is 10.2. The number of phenols is 1. The Morgan fingerprint density at radius 2 is 2.25 bits per heavy atom. The molecule has 0 saturated carbocycles. The SMILES string of the molecule is CCC(CSC)NCc1ccc(O)c(Br)c1. The molecule has 2 N–H and O–H groups in total. The van der Waals surface area contributed by atoms with E-state index in [2.05, 4.69) is 34.4 Å². The normalized spacial score (nSPS) is 12.7. The van der Waals surface area contributed by atoms with Gasteiger partial charge in [0.2, 0.25) is 0 Å². The highest BCUT2D eigenvalue weighted by molar-refractivity contribution is 9.10. The van der Waals surface area contributed by atoms with Gasteiger partial charge in [-0.2, -0.15) is 11.8 Å². The van der Waals surface area contributed by atoms with Crippen molar-refractivity contribution in [2.45, 2.75) is 25.9 Å². The molecular weight excluding hydrogens is 286 g/mol. The van der Waals surface area contributed by atoms with Crippen molar-refractivity contribution in [3.63, 3.8) is 0 Å². The quantitative estimate of drug-likeness (QED) is 0.845. The number of phenolic OH excluding ortho intramolecular Hbond substituents is 1. The van der Waals surface area contributed by atoms with Crippen molar-refractivity contribution in [3.8, 4) is 5.75 Å². The molecule has 90 valence electrons. The summed E-state index contributed by atoms with van der Waals surface area (Å²) in [6.07, 6.45) is 3.27. The Morgan fingerprint density at radius 3 is 2.81 bits per heavy atom. The number of hydrogen-bond donors (Lipinski definition) is 2. The Kier molecular flexibility index (Phi) is 6.24. The minimum absolute atomic E-state index is 0.292. The number of nitrogens with one attached hydrogen (secondary N) is 1. The van der Waals surface area contributed by atoms with Crippen molar-refractivity contribution in [3.05, 3.63) is 28.2 Å². The molecule has 0 radical (unpaired) electrons. The van der Waals surface area contributed by atoms with E-state index in [1.807, 2.05) is 23.9 Å². The van der Waals surface area contributed by atoms with Gasteiger partial charge < -0.3 is 10.4 Å². The fraction of sp³-hybridized carbons (Fsp3) is 0.500. The van der Waals surface area contributed by atoms with Gasteiger partial charge in [-0.3, -0.25) is 0 Å². The van der Waals surface area contributed by atoms with Gasteiger partial charge in [-0.1, -0.05) is 13.0 Å². The van der Waals surface area contributed by atoms with E-state index in [1.165, 1.54) is 5.56 Å². The second kappa shape index (κ2) is 7.20. The first-order valence-electron chi connectivity index (χ1n) is 5.37. The maximum atomic E-state index is 9.38. The van der Waals surface area contributed by atoms with Gasteiger partial charge in [0.15, 0.2) is 0 Å². The Hall–Kier alpha value is -0.190. The summed E-state index contributed by atoms with van der Waals surface area (Å²) in [7, 11) is 0. The van der Waals surface area contributed by atoms with Crippen LogP contribution in [0.4, 0.5) is 0 Å². The molecule has 1 aromatic carbocycles. The third-order valence-corrected chi connectivity index (χ3v) is 3.84. The molecule has 0 aliphatic carbocycles. The lowest BCUT2D eigenvalue weighted by Gasteiger charge is -2.15. The van der Waals surface area contributed by atoms with E-state index in [0.717, 1.165) is 23.2 Å². The zero-order valence-corrected chi connectivity index (χ0v) is 12.1. The van der Waals surface area contributed by atoms with Crippen LogP contribution < -0.4 is 5.32 Å². The van der Waals surface area contributed by atoms with Crippen molar-refractivity contribution in [1.82, 2.24) is 5.32 Å². The Balaban J connectivity index is 2.50. The molecule has 0 amide bonds. The molecule has 0 aliphatic rings. The summed E-state index contributed by atoms with van der Waals surface area (Å²) in [6, 6.07) is 6.17. The van der Waals surface area contributed by atoms with Crippen molar-refractivity contribution < 1.29 is 5.11 Å². The van der Waals surface area contributed by atoms with Gasteiger partial charge in [-0.25, -0.2) is 0 Å². The minimum atomic E-state index is 0.292. The molecule has 1 rings (SSSR count). The van der Waals surface area contributed by atoms with Gasteiger partial charge in [-0.05, 0) is 46.3 Å². The summed E-state index contributed by atoms with van der Waals surface area (Å²) in [5.41, 5.74) is 1.18. The van der Waals surface area contributed by atoms with Gasteiger partial charge in [-0.15, -0.1) is 0 Å². The van der Waals surface area contributed by atoms with Crippen molar-refractivity contribution in [1.29, 1.82) is 0 Å². The summed E-state index contributed by atoms with van der Waals surface area (Å²) in [4.78, 5) is 0. The molecule has 0 saturated heterocycles. The maximum Gasteiger partial charge on any atom is 0.129 e. The molecule has 0 aliphatic heterocycles. The van der Waals surface area contributed by atoms with Crippen LogP contribution in [0.25, 0.3) is 0 Å². The molecule has 1 aromatic rings. The highest BCUT2D eigenvalue weighted by Crippen LogP contribution is 2.24. The van der Waals surface area contributed by atoms with Gasteiger partial charge in [0.05, 0.1) is 4.47 Å². The first-order valence-corrected chi connectivity index (χ1v) is 7.55. The van der Waals surface area contributed by atoms with Crippen LogP contribution in [-0.4, -0.2) is 23.2 Å². The molecule has 0 aromatic heterocycles. The number of halogens is 1. The van der Waals surface area contributed by atoms with E-state index in [-0.39, 0.29) is 0 Å². The molecule has 0 heterocycles. The highest BCUT2D eigenvalue weighted by atomic mass is 79.9. The molecular formula is C12H18BrNOS. The second-order valence-corrected chi connectivity index (χ2v) is 5.49. The molecule has 1 unspecified atom stereocenters. The van der Waals surface area contributed by atoms with Crippen LogP contribution in [0.2, 0.25) is 0 Å². The number of rotatable bonds is 6. The third-order valence-electron chi connectivity index (χ3n) is 2.47. The van der Waals surface area contributed by atoms with Crippen LogP contribution in [0.3, 0.4) is 0 Å². The van der Waals surface area contributed by atoms with Gasteiger partial charge in [0.25, 0.3) is 0 Å². The fourth-order valence-electron chi connectivity index (χ4n) is 1.44. The molecule has 4 heteroatoms. The fourth-order valence-corrected chi connectivity index (χ4v) is 2.63. The number of aromatic hydroxyl groups is 1. The number of benzene rings is 1. The lowest BCUT2D eigenvalue weighted by molar-refractivity contribution is 0.471. The van der Waals surface area contributed by atoms with Gasteiger partial charge in [0.1, 0.15) is 5.75 Å². The first-order chi connectivity index (χ1) is 7.67. The summed E-state index contributed by atoms with van der Waals surface area (Å²) in [5, 5.41) is 12.9. The average Bonchev–Trinajstić information content (AvgIpc) is 2.28. The molecule has 1 atom stereocenters. The lowest BCUT2D eigenvalue weighted by Crippen LogP contribution is -2.30. The van der Waals surface area contributed by atoms with E-state index < -0.39 is 0 Å². The topological polar surface area (TPSA) is 32.3 Å². The summed E-state index contributed by atoms with van der Waals surface area (Å²) < 4.78 is 0.754. The molecule has 16 heavy (non-hydrogen) atoms. The van der Waals surface area contributed by atoms with Crippen LogP contribution in [0, 0.1) is 0 Å². The van der Waals surface area contributed by atoms with Crippen LogP contribution in [0.1, 0.15) is 18.9 Å². The molecule has 0 spiro atoms. The standard InChI is InChI=1S/C12H18BrNOS/c1-3-10(8-16-2)14-7-9-4-5-12(15)11(13)6-9/h4-6,10,14-15H,3,7-8H2,1-2H3. The van der Waals surface area contributed by atoms with Gasteiger partial charge >= 0.3 is 0 Å². The monoisotopic (exact) mass is 303 g/mol. The van der Waals surface area contributed by atoms with Crippen molar-refractivity contribution >= 4 is 27.7 Å². The number of hydrogen-bond acceptors (Lipinski definition) is 3. The van der Waals surface area contributed by atoms with E-state index in [0.29, 0.717) is 11.8 Å². The van der Waals surface area contributed by atoms with E-state index >= 15 is 0 Å². The van der Waals surface area contributed by atoms with Crippen molar-refractivity contribution in [2.24, 2.45) is 0 Å². The third kappa shape index (κ3) is 4.36. The predicted octanol–water partition coefficient (Wildman–Crippen LogP) is 3.39. The van der Waals surface area contributed by atoms with Crippen LogP contribution in [-0.2, 0) is 6.54 Å². The molecule has 2 nitrogen and oxygen atoms in total. The summed E-state index contributed by atoms with van der Waals surface area (Å²) in [6.45, 7) is 3.04. The Morgan fingerprint density at radius 1 is 1.50 bits per heavy atom.